The topological polar surface area (TPSA) is 85.5 Å². The van der Waals surface area contributed by atoms with E-state index in [-0.39, 0.29) is 12.1 Å². The van der Waals surface area contributed by atoms with Crippen LogP contribution in [0, 0.1) is 5.92 Å². The smallest absolute Gasteiger partial charge is 0.312 e. The lowest BCUT2D eigenvalue weighted by Gasteiger charge is -2.38. The van der Waals surface area contributed by atoms with E-state index in [0.717, 1.165) is 31.2 Å². The summed E-state index contributed by atoms with van der Waals surface area (Å²) in [6, 6.07) is 3.61. The van der Waals surface area contributed by atoms with Crippen molar-refractivity contribution in [2.45, 2.75) is 44.8 Å². The monoisotopic (exact) mass is 303 g/mol. The number of primary amides is 1. The van der Waals surface area contributed by atoms with Gasteiger partial charge in [0, 0.05) is 18.8 Å². The molecular weight excluding hydrogens is 282 g/mol. The molecule has 118 valence electrons. The summed E-state index contributed by atoms with van der Waals surface area (Å²) in [5.74, 6) is -0.561. The first-order valence-corrected chi connectivity index (χ1v) is 7.77. The third-order valence-electron chi connectivity index (χ3n) is 4.24. The van der Waals surface area contributed by atoms with E-state index in [1.165, 1.54) is 0 Å². The molecular formula is C16H21N3O3. The van der Waals surface area contributed by atoms with Crippen molar-refractivity contribution in [1.29, 1.82) is 0 Å². The number of carbonyl (C=O) groups excluding carboxylic acids is 2. The summed E-state index contributed by atoms with van der Waals surface area (Å²) < 4.78 is 5.71. The number of ether oxygens (including phenoxy) is 1. The number of likely N-dealkylation sites (tertiary alicyclic amines) is 1. The van der Waals surface area contributed by atoms with Crippen LogP contribution in [-0.4, -0.2) is 34.3 Å². The number of rotatable bonds is 3. The van der Waals surface area contributed by atoms with Gasteiger partial charge in [-0.2, -0.15) is 0 Å². The van der Waals surface area contributed by atoms with Crippen molar-refractivity contribution in [1.82, 2.24) is 9.88 Å². The molecule has 1 saturated heterocycles. The van der Waals surface area contributed by atoms with Crippen molar-refractivity contribution in [3.05, 3.63) is 23.9 Å². The number of hydrogen-bond donors (Lipinski definition) is 1. The average Bonchev–Trinajstić information content (AvgIpc) is 3.30. The van der Waals surface area contributed by atoms with Gasteiger partial charge < -0.3 is 15.4 Å². The minimum absolute atomic E-state index is 0.138. The maximum Gasteiger partial charge on any atom is 0.312 e. The van der Waals surface area contributed by atoms with Crippen LogP contribution in [0.5, 0.6) is 5.88 Å². The zero-order valence-electron chi connectivity index (χ0n) is 12.7. The molecule has 2 amide bonds. The molecule has 0 aromatic carbocycles. The van der Waals surface area contributed by atoms with Crippen LogP contribution in [-0.2, 0) is 9.59 Å². The predicted octanol–water partition coefficient (Wildman–Crippen LogP) is 1.41. The fourth-order valence-corrected chi connectivity index (χ4v) is 2.92. The van der Waals surface area contributed by atoms with E-state index in [2.05, 4.69) is 11.9 Å². The van der Waals surface area contributed by atoms with E-state index in [0.29, 0.717) is 18.3 Å². The van der Waals surface area contributed by atoms with Crippen molar-refractivity contribution >= 4 is 11.8 Å². The quantitative estimate of drug-likeness (QED) is 0.855. The number of nitrogens with two attached hydrogens (primary N) is 1. The van der Waals surface area contributed by atoms with E-state index in [9.17, 15) is 9.59 Å². The molecule has 6 heteroatoms. The molecule has 2 unspecified atom stereocenters. The van der Waals surface area contributed by atoms with Gasteiger partial charge in [0.1, 0.15) is 6.10 Å². The van der Waals surface area contributed by atoms with Gasteiger partial charge in [-0.25, -0.2) is 4.98 Å². The molecule has 2 aliphatic rings. The Hall–Kier alpha value is -2.11. The molecule has 2 atom stereocenters. The van der Waals surface area contributed by atoms with E-state index in [4.69, 9.17) is 10.5 Å². The first-order valence-electron chi connectivity index (χ1n) is 7.77. The van der Waals surface area contributed by atoms with Gasteiger partial charge in [0.25, 0.3) is 0 Å². The van der Waals surface area contributed by atoms with Crippen molar-refractivity contribution in [2.24, 2.45) is 11.7 Å². The molecule has 1 aliphatic carbocycles. The van der Waals surface area contributed by atoms with Crippen LogP contribution in [0.2, 0.25) is 0 Å². The number of aromatic nitrogens is 1. The highest BCUT2D eigenvalue weighted by Gasteiger charge is 2.33. The Bertz CT molecular complexity index is 586. The van der Waals surface area contributed by atoms with Crippen molar-refractivity contribution in [2.75, 3.05) is 6.54 Å². The molecule has 1 aromatic rings. The molecule has 3 rings (SSSR count). The molecule has 1 aromatic heterocycles. The maximum atomic E-state index is 12.1. The van der Waals surface area contributed by atoms with E-state index in [1.807, 2.05) is 12.1 Å². The highest BCUT2D eigenvalue weighted by Crippen LogP contribution is 2.35. The molecule has 0 spiro atoms. The van der Waals surface area contributed by atoms with Gasteiger partial charge in [-0.15, -0.1) is 0 Å². The summed E-state index contributed by atoms with van der Waals surface area (Å²) >= 11 is 0. The Morgan fingerprint density at radius 2 is 2.09 bits per heavy atom. The fourth-order valence-electron chi connectivity index (χ4n) is 2.92. The lowest BCUT2D eigenvalue weighted by atomic mass is 9.90. The van der Waals surface area contributed by atoms with Gasteiger partial charge in [0.05, 0.1) is 6.04 Å². The summed E-state index contributed by atoms with van der Waals surface area (Å²) in [6.07, 6.45) is 5.93. The highest BCUT2D eigenvalue weighted by atomic mass is 16.5. The van der Waals surface area contributed by atoms with E-state index < -0.39 is 11.8 Å². The average molecular weight is 303 g/mol. The van der Waals surface area contributed by atoms with Crippen molar-refractivity contribution in [3.63, 3.8) is 0 Å². The van der Waals surface area contributed by atoms with Crippen molar-refractivity contribution < 1.29 is 14.3 Å². The van der Waals surface area contributed by atoms with Crippen LogP contribution >= 0.6 is 0 Å². The molecule has 0 bridgehead atoms. The van der Waals surface area contributed by atoms with Crippen LogP contribution in [0.4, 0.5) is 0 Å². The zero-order valence-corrected chi connectivity index (χ0v) is 12.7. The molecule has 2 fully saturated rings. The first-order chi connectivity index (χ1) is 10.5. The van der Waals surface area contributed by atoms with E-state index in [1.54, 1.807) is 11.1 Å². The third kappa shape index (κ3) is 3.21. The number of amides is 2. The summed E-state index contributed by atoms with van der Waals surface area (Å²) in [5, 5.41) is 0. The van der Waals surface area contributed by atoms with Crippen molar-refractivity contribution in [3.8, 4) is 5.88 Å². The normalized spacial score (nSPS) is 24.9. The lowest BCUT2D eigenvalue weighted by molar-refractivity contribution is -0.147. The number of pyridine rings is 1. The number of hydrogen-bond acceptors (Lipinski definition) is 4. The van der Waals surface area contributed by atoms with Gasteiger partial charge in [0.2, 0.25) is 5.88 Å². The Labute approximate surface area is 129 Å². The van der Waals surface area contributed by atoms with Gasteiger partial charge in [-0.3, -0.25) is 9.59 Å². The third-order valence-corrected chi connectivity index (χ3v) is 4.24. The number of nitrogens with zero attached hydrogens (tertiary/aromatic N) is 2. The van der Waals surface area contributed by atoms with Crippen LogP contribution in [0.3, 0.4) is 0 Å². The van der Waals surface area contributed by atoms with Crippen LogP contribution in [0.15, 0.2) is 18.3 Å². The SMILES string of the molecule is CC1CCC(c2ccnc(OC3CC3)c2)N(C(=O)C(N)=O)C1. The molecule has 2 heterocycles. The zero-order chi connectivity index (χ0) is 15.7. The molecule has 0 radical (unpaired) electrons. The number of piperidine rings is 1. The Balaban J connectivity index is 1.83. The Morgan fingerprint density at radius 1 is 1.32 bits per heavy atom. The minimum Gasteiger partial charge on any atom is -0.474 e. The molecule has 22 heavy (non-hydrogen) atoms. The molecule has 1 saturated carbocycles. The summed E-state index contributed by atoms with van der Waals surface area (Å²) in [4.78, 5) is 29.2. The summed E-state index contributed by atoms with van der Waals surface area (Å²) in [7, 11) is 0. The standard InChI is InChI=1S/C16H21N3O3/c1-10-2-5-13(19(9-10)16(21)15(17)20)11-6-7-18-14(8-11)22-12-3-4-12/h6-8,10,12-13H,2-5,9H2,1H3,(H2,17,20). The van der Waals surface area contributed by atoms with Crippen LogP contribution in [0.25, 0.3) is 0 Å². The second-order valence-corrected chi connectivity index (χ2v) is 6.26. The Kier molecular flexibility index (Phi) is 4.00. The number of carbonyl (C=O) groups is 2. The molecule has 2 N–H and O–H groups in total. The predicted molar refractivity (Wildman–Crippen MR) is 79.9 cm³/mol. The van der Waals surface area contributed by atoms with Crippen LogP contribution < -0.4 is 10.5 Å². The van der Waals surface area contributed by atoms with Gasteiger partial charge in [0.15, 0.2) is 0 Å². The van der Waals surface area contributed by atoms with Gasteiger partial charge >= 0.3 is 11.8 Å². The Morgan fingerprint density at radius 3 is 2.77 bits per heavy atom. The maximum absolute atomic E-state index is 12.1. The largest absolute Gasteiger partial charge is 0.474 e. The highest BCUT2D eigenvalue weighted by molar-refractivity contribution is 6.34. The second-order valence-electron chi connectivity index (χ2n) is 6.26. The first kappa shape index (κ1) is 14.8. The molecule has 6 nitrogen and oxygen atoms in total. The van der Waals surface area contributed by atoms with E-state index >= 15 is 0 Å². The minimum atomic E-state index is -0.900. The van der Waals surface area contributed by atoms with Gasteiger partial charge in [-0.1, -0.05) is 6.92 Å². The van der Waals surface area contributed by atoms with Gasteiger partial charge in [-0.05, 0) is 43.2 Å². The fraction of sp³-hybridized carbons (Fsp3) is 0.562. The second kappa shape index (κ2) is 5.94. The summed E-state index contributed by atoms with van der Waals surface area (Å²) in [6.45, 7) is 2.62. The lowest BCUT2D eigenvalue weighted by Crippen LogP contribution is -2.46. The van der Waals surface area contributed by atoms with Crippen LogP contribution in [0.1, 0.15) is 44.2 Å². The molecule has 1 aliphatic heterocycles. The summed E-state index contributed by atoms with van der Waals surface area (Å²) in [5.41, 5.74) is 6.14.